The van der Waals surface area contributed by atoms with Crippen molar-refractivity contribution in [1.82, 2.24) is 10.6 Å². The van der Waals surface area contributed by atoms with E-state index >= 15 is 0 Å². The summed E-state index contributed by atoms with van der Waals surface area (Å²) in [7, 11) is 0. The lowest BCUT2D eigenvalue weighted by Crippen LogP contribution is -2.53. The summed E-state index contributed by atoms with van der Waals surface area (Å²) >= 11 is 0. The molecule has 1 amide bonds. The molecule has 0 aromatic heterocycles. The molecule has 4 N–H and O–H groups in total. The van der Waals surface area contributed by atoms with Gasteiger partial charge in [-0.1, -0.05) is 6.92 Å². The molecule has 1 saturated heterocycles. The number of amides is 1. The molecule has 1 heterocycles. The number of carbonyl (C=O) groups is 1. The van der Waals surface area contributed by atoms with E-state index in [0.717, 1.165) is 25.8 Å². The van der Waals surface area contributed by atoms with E-state index in [2.05, 4.69) is 10.6 Å². The van der Waals surface area contributed by atoms with Crippen molar-refractivity contribution in [2.45, 2.75) is 32.2 Å². The van der Waals surface area contributed by atoms with E-state index in [1.165, 1.54) is 0 Å². The first-order chi connectivity index (χ1) is 7.68. The maximum Gasteiger partial charge on any atom is 0.227 e. The van der Waals surface area contributed by atoms with Gasteiger partial charge in [-0.05, 0) is 25.8 Å². The summed E-state index contributed by atoms with van der Waals surface area (Å²) in [5.74, 6) is -0.0599. The number of aliphatic hydroxyl groups is 2. The molecule has 1 rings (SSSR count). The number of rotatable bonds is 5. The number of piperidine rings is 1. The minimum Gasteiger partial charge on any atom is -0.394 e. The van der Waals surface area contributed by atoms with Gasteiger partial charge in [0.05, 0.1) is 24.7 Å². The van der Waals surface area contributed by atoms with Crippen LogP contribution in [0.2, 0.25) is 0 Å². The average molecular weight is 230 g/mol. The summed E-state index contributed by atoms with van der Waals surface area (Å²) in [4.78, 5) is 12.1. The first kappa shape index (κ1) is 13.4. The fourth-order valence-electron chi connectivity index (χ4n) is 2.11. The summed E-state index contributed by atoms with van der Waals surface area (Å²) in [6, 6.07) is -0.544. The van der Waals surface area contributed by atoms with Gasteiger partial charge in [0, 0.05) is 6.54 Å². The fourth-order valence-corrected chi connectivity index (χ4v) is 2.11. The highest BCUT2D eigenvalue weighted by atomic mass is 16.3. The third kappa shape index (κ3) is 2.93. The summed E-state index contributed by atoms with van der Waals surface area (Å²) in [5.41, 5.74) is -0.374. The van der Waals surface area contributed by atoms with Crippen LogP contribution in [0.25, 0.3) is 0 Å². The van der Waals surface area contributed by atoms with Gasteiger partial charge in [-0.15, -0.1) is 0 Å². The summed E-state index contributed by atoms with van der Waals surface area (Å²) < 4.78 is 0. The molecule has 0 spiro atoms. The topological polar surface area (TPSA) is 81.6 Å². The van der Waals surface area contributed by atoms with Crippen LogP contribution in [-0.2, 0) is 4.79 Å². The Balaban J connectivity index is 2.61. The Hall–Kier alpha value is -0.650. The number of carbonyl (C=O) groups excluding carboxylic acids is 1. The van der Waals surface area contributed by atoms with Gasteiger partial charge in [0.2, 0.25) is 5.91 Å². The number of nitrogens with one attached hydrogen (secondary N) is 2. The Labute approximate surface area is 96.2 Å². The third-order valence-electron chi connectivity index (χ3n) is 3.41. The highest BCUT2D eigenvalue weighted by molar-refractivity contribution is 5.83. The van der Waals surface area contributed by atoms with Crippen molar-refractivity contribution >= 4 is 5.91 Å². The van der Waals surface area contributed by atoms with E-state index in [1.54, 1.807) is 0 Å². The molecule has 0 bridgehead atoms. The monoisotopic (exact) mass is 230 g/mol. The lowest BCUT2D eigenvalue weighted by molar-refractivity contribution is -0.133. The van der Waals surface area contributed by atoms with E-state index < -0.39 is 6.04 Å². The second-order valence-electron chi connectivity index (χ2n) is 4.45. The Kier molecular flexibility index (Phi) is 5.18. The lowest BCUT2D eigenvalue weighted by Gasteiger charge is -2.36. The predicted molar refractivity (Wildman–Crippen MR) is 60.9 cm³/mol. The smallest absolute Gasteiger partial charge is 0.227 e. The predicted octanol–water partition coefficient (Wildman–Crippen LogP) is -0.764. The standard InChI is InChI=1S/C11H22N2O3/c1-2-11(4-3-5-12-8-11)10(16)13-9(6-14)7-15/h9,12,14-15H,2-8H2,1H3,(H,13,16). The molecule has 0 aliphatic carbocycles. The van der Waals surface area contributed by atoms with Crippen molar-refractivity contribution in [3.05, 3.63) is 0 Å². The summed E-state index contributed by atoms with van der Waals surface area (Å²) in [5, 5.41) is 23.8. The quantitative estimate of drug-likeness (QED) is 0.500. The molecule has 1 unspecified atom stereocenters. The van der Waals surface area contributed by atoms with E-state index in [0.29, 0.717) is 6.54 Å². The third-order valence-corrected chi connectivity index (χ3v) is 3.41. The SMILES string of the molecule is CCC1(C(=O)NC(CO)CO)CCCNC1. The minimum atomic E-state index is -0.544. The molecule has 94 valence electrons. The van der Waals surface area contributed by atoms with Crippen LogP contribution in [0.1, 0.15) is 26.2 Å². The Morgan fingerprint density at radius 3 is 2.62 bits per heavy atom. The molecule has 1 aliphatic heterocycles. The van der Waals surface area contributed by atoms with Crippen molar-refractivity contribution < 1.29 is 15.0 Å². The van der Waals surface area contributed by atoms with Crippen LogP contribution in [0.4, 0.5) is 0 Å². The molecule has 1 fully saturated rings. The number of hydrogen-bond acceptors (Lipinski definition) is 4. The van der Waals surface area contributed by atoms with Gasteiger partial charge >= 0.3 is 0 Å². The largest absolute Gasteiger partial charge is 0.394 e. The van der Waals surface area contributed by atoms with Crippen molar-refractivity contribution in [2.24, 2.45) is 5.41 Å². The first-order valence-corrected chi connectivity index (χ1v) is 5.92. The molecule has 0 aromatic rings. The van der Waals surface area contributed by atoms with Crippen LogP contribution >= 0.6 is 0 Å². The normalized spacial score (nSPS) is 25.8. The minimum absolute atomic E-state index is 0.0599. The van der Waals surface area contributed by atoms with Gasteiger partial charge in [-0.3, -0.25) is 4.79 Å². The molecule has 1 aliphatic rings. The fraction of sp³-hybridized carbons (Fsp3) is 0.909. The molecule has 0 saturated carbocycles. The highest BCUT2D eigenvalue weighted by Gasteiger charge is 2.38. The van der Waals surface area contributed by atoms with E-state index in [-0.39, 0.29) is 24.5 Å². The molecule has 0 aromatic carbocycles. The van der Waals surface area contributed by atoms with Crippen LogP contribution in [0, 0.1) is 5.41 Å². The Morgan fingerprint density at radius 2 is 2.19 bits per heavy atom. The van der Waals surface area contributed by atoms with E-state index in [1.807, 2.05) is 6.92 Å². The van der Waals surface area contributed by atoms with Crippen molar-refractivity contribution in [3.8, 4) is 0 Å². The van der Waals surface area contributed by atoms with Crippen molar-refractivity contribution in [1.29, 1.82) is 0 Å². The van der Waals surface area contributed by atoms with Crippen LogP contribution in [0.5, 0.6) is 0 Å². The summed E-state index contributed by atoms with van der Waals surface area (Å²) in [6.45, 7) is 3.18. The van der Waals surface area contributed by atoms with Gasteiger partial charge in [-0.2, -0.15) is 0 Å². The Morgan fingerprint density at radius 1 is 1.50 bits per heavy atom. The van der Waals surface area contributed by atoms with Gasteiger partial charge in [0.25, 0.3) is 0 Å². The zero-order valence-corrected chi connectivity index (χ0v) is 9.83. The van der Waals surface area contributed by atoms with E-state index in [9.17, 15) is 4.79 Å². The molecule has 5 heteroatoms. The highest BCUT2D eigenvalue weighted by Crippen LogP contribution is 2.30. The van der Waals surface area contributed by atoms with Crippen LogP contribution in [0.3, 0.4) is 0 Å². The second-order valence-corrected chi connectivity index (χ2v) is 4.45. The molecular formula is C11H22N2O3. The van der Waals surface area contributed by atoms with Gasteiger partial charge in [0.1, 0.15) is 0 Å². The number of aliphatic hydroxyl groups excluding tert-OH is 2. The summed E-state index contributed by atoms with van der Waals surface area (Å²) in [6.07, 6.45) is 2.63. The lowest BCUT2D eigenvalue weighted by atomic mass is 9.77. The van der Waals surface area contributed by atoms with Crippen molar-refractivity contribution in [3.63, 3.8) is 0 Å². The van der Waals surface area contributed by atoms with Gasteiger partial charge < -0.3 is 20.8 Å². The molecule has 16 heavy (non-hydrogen) atoms. The molecule has 5 nitrogen and oxygen atoms in total. The van der Waals surface area contributed by atoms with Crippen LogP contribution in [0.15, 0.2) is 0 Å². The zero-order valence-electron chi connectivity index (χ0n) is 9.83. The number of hydrogen-bond donors (Lipinski definition) is 4. The average Bonchev–Trinajstić information content (AvgIpc) is 2.36. The molecule has 1 atom stereocenters. The second kappa shape index (κ2) is 6.18. The molecule has 0 radical (unpaired) electrons. The molecular weight excluding hydrogens is 208 g/mol. The van der Waals surface area contributed by atoms with E-state index in [4.69, 9.17) is 10.2 Å². The maximum absolute atomic E-state index is 12.1. The van der Waals surface area contributed by atoms with Crippen LogP contribution < -0.4 is 10.6 Å². The van der Waals surface area contributed by atoms with Gasteiger partial charge in [-0.25, -0.2) is 0 Å². The van der Waals surface area contributed by atoms with Crippen molar-refractivity contribution in [2.75, 3.05) is 26.3 Å². The maximum atomic E-state index is 12.1. The zero-order chi connectivity index (χ0) is 12.0. The Bertz CT molecular complexity index is 223. The first-order valence-electron chi connectivity index (χ1n) is 5.92. The van der Waals surface area contributed by atoms with Gasteiger partial charge in [0.15, 0.2) is 0 Å². The van der Waals surface area contributed by atoms with Crippen LogP contribution in [-0.4, -0.2) is 48.5 Å².